The first kappa shape index (κ1) is 17.9. The molecule has 3 atom stereocenters. The van der Waals surface area contributed by atoms with Gasteiger partial charge in [0, 0.05) is 0 Å². The number of hydrogen-bond donors (Lipinski definition) is 2. The number of aliphatic hydroxyl groups is 1. The van der Waals surface area contributed by atoms with E-state index < -0.39 is 22.2 Å². The first-order valence-corrected chi connectivity index (χ1v) is 9.45. The molecule has 0 saturated heterocycles. The van der Waals surface area contributed by atoms with Crippen LogP contribution in [0, 0.1) is 5.92 Å². The Labute approximate surface area is 130 Å². The molecule has 0 unspecified atom stereocenters. The number of aliphatic hydroxyl groups excluding tert-OH is 1. The molecule has 0 saturated carbocycles. The van der Waals surface area contributed by atoms with E-state index in [9.17, 15) is 13.5 Å². The summed E-state index contributed by atoms with van der Waals surface area (Å²) in [5.41, 5.74) is 0. The van der Waals surface area contributed by atoms with E-state index in [1.54, 1.807) is 6.07 Å². The van der Waals surface area contributed by atoms with Crippen LogP contribution in [0.5, 0.6) is 0 Å². The van der Waals surface area contributed by atoms with Crippen LogP contribution < -0.4 is 4.72 Å². The lowest BCUT2D eigenvalue weighted by molar-refractivity contribution is 0.102. The number of hydrogen-bond acceptors (Lipinski definition) is 4. The molecule has 4 nitrogen and oxygen atoms in total. The van der Waals surface area contributed by atoms with Gasteiger partial charge in [-0.2, -0.15) is 0 Å². The summed E-state index contributed by atoms with van der Waals surface area (Å²) in [5.74, 6) is 0.0572. The van der Waals surface area contributed by atoms with E-state index in [4.69, 9.17) is 11.6 Å². The fraction of sp³-hybridized carbons (Fsp3) is 0.692. The quantitative estimate of drug-likeness (QED) is 0.764. The van der Waals surface area contributed by atoms with Crippen molar-refractivity contribution in [3.8, 4) is 0 Å². The highest BCUT2D eigenvalue weighted by Gasteiger charge is 2.29. The molecular weight excluding hydrogens is 318 g/mol. The minimum absolute atomic E-state index is 0.0572. The molecule has 0 fully saturated rings. The Balaban J connectivity index is 2.94. The van der Waals surface area contributed by atoms with Crippen molar-refractivity contribution in [3.63, 3.8) is 0 Å². The SMILES string of the molecule is CCC[C@H](O)[C@@H](NS(=O)(=O)c1ccc(Cl)s1)[C@H](C)CC. The summed E-state index contributed by atoms with van der Waals surface area (Å²) in [5, 5.41) is 10.2. The second kappa shape index (κ2) is 7.75. The molecule has 1 rings (SSSR count). The number of thiophene rings is 1. The first-order chi connectivity index (χ1) is 9.31. The summed E-state index contributed by atoms with van der Waals surface area (Å²) in [4.78, 5) is 0. The maximum atomic E-state index is 12.3. The zero-order chi connectivity index (χ0) is 15.3. The van der Waals surface area contributed by atoms with Gasteiger partial charge in [-0.15, -0.1) is 11.3 Å². The Morgan fingerprint density at radius 1 is 1.40 bits per heavy atom. The van der Waals surface area contributed by atoms with Gasteiger partial charge in [0.1, 0.15) is 4.21 Å². The highest BCUT2D eigenvalue weighted by Crippen LogP contribution is 2.26. The predicted molar refractivity (Wildman–Crippen MR) is 83.8 cm³/mol. The lowest BCUT2D eigenvalue weighted by Crippen LogP contribution is -2.47. The van der Waals surface area contributed by atoms with E-state index in [2.05, 4.69) is 4.72 Å². The Kier molecular flexibility index (Phi) is 6.94. The van der Waals surface area contributed by atoms with Crippen LogP contribution >= 0.6 is 22.9 Å². The molecule has 1 aromatic rings. The van der Waals surface area contributed by atoms with Crippen molar-refractivity contribution in [3.05, 3.63) is 16.5 Å². The molecule has 2 N–H and O–H groups in total. The summed E-state index contributed by atoms with van der Waals surface area (Å²) in [6, 6.07) is 2.56. The van der Waals surface area contributed by atoms with Crippen LogP contribution in [0.15, 0.2) is 16.3 Å². The minimum atomic E-state index is -3.63. The van der Waals surface area contributed by atoms with E-state index in [-0.39, 0.29) is 10.1 Å². The molecule has 0 aliphatic carbocycles. The Morgan fingerprint density at radius 2 is 2.05 bits per heavy atom. The van der Waals surface area contributed by atoms with E-state index in [1.807, 2.05) is 20.8 Å². The lowest BCUT2D eigenvalue weighted by Gasteiger charge is -2.28. The van der Waals surface area contributed by atoms with Crippen molar-refractivity contribution in [2.24, 2.45) is 5.92 Å². The zero-order valence-corrected chi connectivity index (χ0v) is 14.4. The number of rotatable bonds is 8. The summed E-state index contributed by atoms with van der Waals surface area (Å²) >= 11 is 6.80. The number of sulfonamides is 1. The van der Waals surface area contributed by atoms with Crippen LogP contribution in [0.25, 0.3) is 0 Å². The van der Waals surface area contributed by atoms with Crippen LogP contribution in [-0.4, -0.2) is 25.7 Å². The van der Waals surface area contributed by atoms with Gasteiger partial charge in [-0.1, -0.05) is 45.2 Å². The molecule has 0 aliphatic rings. The maximum Gasteiger partial charge on any atom is 0.250 e. The predicted octanol–water partition coefficient (Wildman–Crippen LogP) is 3.26. The number of halogens is 1. The second-order valence-corrected chi connectivity index (χ2v) is 8.60. The summed E-state index contributed by atoms with van der Waals surface area (Å²) in [7, 11) is -3.63. The fourth-order valence-corrected chi connectivity index (χ4v) is 4.86. The first-order valence-electron chi connectivity index (χ1n) is 6.77. The van der Waals surface area contributed by atoms with Crippen molar-refractivity contribution < 1.29 is 13.5 Å². The minimum Gasteiger partial charge on any atom is -0.391 e. The fourth-order valence-electron chi connectivity index (χ4n) is 1.98. The molecule has 116 valence electrons. The van der Waals surface area contributed by atoms with E-state index in [0.717, 1.165) is 24.2 Å². The van der Waals surface area contributed by atoms with Crippen molar-refractivity contribution in [1.29, 1.82) is 0 Å². The number of nitrogens with one attached hydrogen (secondary N) is 1. The standard InChI is InChI=1S/C13H22ClNO3S2/c1-4-6-10(16)13(9(3)5-2)15-20(17,18)12-8-7-11(14)19-12/h7-10,13,15-16H,4-6H2,1-3H3/t9-,10+,13+/m1/s1. The molecule has 7 heteroatoms. The van der Waals surface area contributed by atoms with E-state index >= 15 is 0 Å². The summed E-state index contributed by atoms with van der Waals surface area (Å²) in [6.45, 7) is 5.88. The molecule has 1 aromatic heterocycles. The highest BCUT2D eigenvalue weighted by atomic mass is 35.5. The average Bonchev–Trinajstić information content (AvgIpc) is 2.83. The normalized spacial score (nSPS) is 16.9. The highest BCUT2D eigenvalue weighted by molar-refractivity contribution is 7.91. The molecule has 0 amide bonds. The lowest BCUT2D eigenvalue weighted by atomic mass is 9.93. The van der Waals surface area contributed by atoms with Crippen LogP contribution in [0.4, 0.5) is 0 Å². The Morgan fingerprint density at radius 3 is 2.50 bits per heavy atom. The van der Waals surface area contributed by atoms with Gasteiger partial charge in [0.05, 0.1) is 16.5 Å². The van der Waals surface area contributed by atoms with Gasteiger partial charge >= 0.3 is 0 Å². The average molecular weight is 340 g/mol. The molecule has 1 heterocycles. The molecule has 0 aromatic carbocycles. The van der Waals surface area contributed by atoms with Crippen molar-refractivity contribution in [2.75, 3.05) is 0 Å². The van der Waals surface area contributed by atoms with Crippen molar-refractivity contribution >= 4 is 33.0 Å². The van der Waals surface area contributed by atoms with E-state index in [0.29, 0.717) is 10.8 Å². The van der Waals surface area contributed by atoms with E-state index in [1.165, 1.54) is 6.07 Å². The van der Waals surface area contributed by atoms with Crippen LogP contribution in [0.1, 0.15) is 40.0 Å². The van der Waals surface area contributed by atoms with Crippen molar-refractivity contribution in [2.45, 2.75) is 56.4 Å². The van der Waals surface area contributed by atoms with Gasteiger partial charge in [0.25, 0.3) is 0 Å². The zero-order valence-electron chi connectivity index (χ0n) is 12.0. The molecule has 0 aliphatic heterocycles. The van der Waals surface area contributed by atoms with Gasteiger partial charge in [-0.05, 0) is 24.5 Å². The van der Waals surface area contributed by atoms with Crippen LogP contribution in [0.2, 0.25) is 4.34 Å². The van der Waals surface area contributed by atoms with Gasteiger partial charge in [0.15, 0.2) is 0 Å². The van der Waals surface area contributed by atoms with Gasteiger partial charge in [0.2, 0.25) is 10.0 Å². The van der Waals surface area contributed by atoms with Crippen molar-refractivity contribution in [1.82, 2.24) is 4.72 Å². The second-order valence-electron chi connectivity index (χ2n) is 4.95. The molecule has 20 heavy (non-hydrogen) atoms. The molecule has 0 radical (unpaired) electrons. The largest absolute Gasteiger partial charge is 0.391 e. The van der Waals surface area contributed by atoms with Gasteiger partial charge in [-0.25, -0.2) is 13.1 Å². The molecule has 0 spiro atoms. The Bertz CT molecular complexity index is 515. The van der Waals surface area contributed by atoms with Gasteiger partial charge in [-0.3, -0.25) is 0 Å². The molecule has 0 bridgehead atoms. The summed E-state index contributed by atoms with van der Waals surface area (Å²) in [6.07, 6.45) is 1.49. The van der Waals surface area contributed by atoms with Gasteiger partial charge < -0.3 is 5.11 Å². The third kappa shape index (κ3) is 4.70. The third-order valence-corrected chi connectivity index (χ3v) is 6.54. The molecular formula is C13H22ClNO3S2. The monoisotopic (exact) mass is 339 g/mol. The smallest absolute Gasteiger partial charge is 0.250 e. The van der Waals surface area contributed by atoms with Crippen LogP contribution in [-0.2, 0) is 10.0 Å². The summed E-state index contributed by atoms with van der Waals surface area (Å²) < 4.78 is 27.9. The van der Waals surface area contributed by atoms with Crippen LogP contribution in [0.3, 0.4) is 0 Å². The topological polar surface area (TPSA) is 66.4 Å². The third-order valence-electron chi connectivity index (χ3n) is 3.36. The maximum absolute atomic E-state index is 12.3. The Hall–Kier alpha value is -0.140.